The zero-order chi connectivity index (χ0) is 17.2. The Morgan fingerprint density at radius 1 is 1.20 bits per heavy atom. The molecule has 134 valence electrons. The number of amides is 1. The topological polar surface area (TPSA) is 65.2 Å². The van der Waals surface area contributed by atoms with Gasteiger partial charge in [0, 0.05) is 5.92 Å². The number of rotatable bonds is 4. The highest BCUT2D eigenvalue weighted by Gasteiger charge is 2.45. The Balaban J connectivity index is 1.62. The number of carbonyl (C=O) groups is 1. The molecule has 4 unspecified atom stereocenters. The summed E-state index contributed by atoms with van der Waals surface area (Å²) >= 11 is 0. The number of piperidine rings is 1. The fourth-order valence-electron chi connectivity index (χ4n) is 5.15. The normalized spacial score (nSPS) is 32.0. The highest BCUT2D eigenvalue weighted by Crippen LogP contribution is 2.46. The molecule has 2 fully saturated rings. The summed E-state index contributed by atoms with van der Waals surface area (Å²) in [6, 6.07) is 8.83. The second-order valence-electron chi connectivity index (χ2n) is 7.55. The van der Waals surface area contributed by atoms with Crippen molar-refractivity contribution < 1.29 is 4.79 Å². The Morgan fingerprint density at radius 2 is 2.00 bits per heavy atom. The zero-order valence-electron chi connectivity index (χ0n) is 14.6. The molecule has 0 spiro atoms. The maximum Gasteiger partial charge on any atom is 0.244 e. The van der Waals surface area contributed by atoms with E-state index in [1.54, 1.807) is 0 Å². The number of para-hydroxylation sites is 1. The number of carbonyl (C=O) groups excluding carboxylic acids is 1. The zero-order valence-corrected chi connectivity index (χ0v) is 14.6. The van der Waals surface area contributed by atoms with E-state index in [4.69, 9.17) is 0 Å². The van der Waals surface area contributed by atoms with Gasteiger partial charge in [0.2, 0.25) is 5.91 Å². The molecule has 2 aliphatic heterocycles. The number of fused-ring (bicyclic) bond motifs is 1. The summed E-state index contributed by atoms with van der Waals surface area (Å²) in [5, 5.41) is 6.72. The molecule has 1 amide bonds. The second kappa shape index (κ2) is 7.18. The summed E-state index contributed by atoms with van der Waals surface area (Å²) in [5.74, 6) is 1.52. The Labute approximate surface area is 149 Å². The van der Waals surface area contributed by atoms with Crippen LogP contribution in [0.2, 0.25) is 0 Å². The van der Waals surface area contributed by atoms with Gasteiger partial charge in [0.05, 0.1) is 17.9 Å². The van der Waals surface area contributed by atoms with Crippen molar-refractivity contribution in [3.05, 3.63) is 42.5 Å². The van der Waals surface area contributed by atoms with E-state index >= 15 is 0 Å². The fraction of sp³-hybridized carbons (Fsp3) is 0.550. The fourth-order valence-corrected chi connectivity index (χ4v) is 5.15. The number of anilines is 1. The number of nitrogens with one attached hydrogen (secondary N) is 4. The highest BCUT2D eigenvalue weighted by molar-refractivity contribution is 5.87. The second-order valence-corrected chi connectivity index (χ2v) is 7.55. The minimum atomic E-state index is -0.0842. The van der Waals surface area contributed by atoms with Crippen molar-refractivity contribution in [2.24, 2.45) is 17.8 Å². The molecule has 5 heteroatoms. The minimum Gasteiger partial charge on any atom is -0.337 e. The summed E-state index contributed by atoms with van der Waals surface area (Å²) in [6.45, 7) is 4.54. The molecule has 4 N–H and O–H groups in total. The summed E-state index contributed by atoms with van der Waals surface area (Å²) < 4.78 is 0. The maximum atomic E-state index is 12.0. The maximum absolute atomic E-state index is 12.0. The molecule has 25 heavy (non-hydrogen) atoms. The minimum absolute atomic E-state index is 0.0295. The molecular weight excluding hydrogens is 312 g/mol. The number of hydrogen-bond donors (Lipinski definition) is 4. The SMILES string of the molecule is C=CC(=O)NC1NCCC(C2NNc3ccccc32)C1C1CCCC1. The summed E-state index contributed by atoms with van der Waals surface area (Å²) in [5.41, 5.74) is 9.41. The molecule has 4 rings (SSSR count). The molecule has 1 aromatic carbocycles. The number of hydrogen-bond acceptors (Lipinski definition) is 4. The van der Waals surface area contributed by atoms with E-state index in [0.717, 1.165) is 13.0 Å². The van der Waals surface area contributed by atoms with Crippen molar-refractivity contribution in [3.63, 3.8) is 0 Å². The van der Waals surface area contributed by atoms with Crippen LogP contribution in [0.3, 0.4) is 0 Å². The van der Waals surface area contributed by atoms with Crippen molar-refractivity contribution in [1.82, 2.24) is 16.1 Å². The van der Waals surface area contributed by atoms with Gasteiger partial charge in [-0.2, -0.15) is 0 Å². The van der Waals surface area contributed by atoms with E-state index in [1.807, 2.05) is 0 Å². The van der Waals surface area contributed by atoms with Crippen molar-refractivity contribution in [1.29, 1.82) is 0 Å². The van der Waals surface area contributed by atoms with Gasteiger partial charge in [-0.25, -0.2) is 5.43 Å². The van der Waals surface area contributed by atoms with Crippen LogP contribution in [0.1, 0.15) is 43.7 Å². The summed E-state index contributed by atoms with van der Waals surface area (Å²) in [6.07, 6.45) is 7.68. The van der Waals surface area contributed by atoms with Gasteiger partial charge in [0.1, 0.15) is 0 Å². The molecule has 1 saturated carbocycles. The molecule has 1 saturated heterocycles. The van der Waals surface area contributed by atoms with Crippen LogP contribution in [0.15, 0.2) is 36.9 Å². The molecule has 0 bridgehead atoms. The van der Waals surface area contributed by atoms with Crippen molar-refractivity contribution in [2.45, 2.75) is 44.3 Å². The van der Waals surface area contributed by atoms with E-state index in [-0.39, 0.29) is 12.1 Å². The highest BCUT2D eigenvalue weighted by atomic mass is 16.1. The summed E-state index contributed by atoms with van der Waals surface area (Å²) in [4.78, 5) is 12.0. The van der Waals surface area contributed by atoms with Crippen LogP contribution < -0.4 is 21.5 Å². The Hall–Kier alpha value is -1.85. The van der Waals surface area contributed by atoms with E-state index in [9.17, 15) is 4.79 Å². The lowest BCUT2D eigenvalue weighted by Crippen LogP contribution is -2.59. The van der Waals surface area contributed by atoms with Gasteiger partial charge in [0.15, 0.2) is 0 Å². The average Bonchev–Trinajstić information content (AvgIpc) is 3.31. The first-order valence-electron chi connectivity index (χ1n) is 9.54. The van der Waals surface area contributed by atoms with Crippen molar-refractivity contribution in [2.75, 3.05) is 12.0 Å². The van der Waals surface area contributed by atoms with Gasteiger partial charge in [-0.05, 0) is 42.5 Å². The summed E-state index contributed by atoms with van der Waals surface area (Å²) in [7, 11) is 0. The van der Waals surface area contributed by atoms with Crippen molar-refractivity contribution >= 4 is 11.6 Å². The van der Waals surface area contributed by atoms with Crippen LogP contribution in [0.25, 0.3) is 0 Å². The molecule has 4 atom stereocenters. The quantitative estimate of drug-likeness (QED) is 0.637. The first-order chi connectivity index (χ1) is 12.3. The predicted molar refractivity (Wildman–Crippen MR) is 99.6 cm³/mol. The monoisotopic (exact) mass is 340 g/mol. The Bertz CT molecular complexity index is 640. The first-order valence-corrected chi connectivity index (χ1v) is 9.54. The van der Waals surface area contributed by atoms with Gasteiger partial charge in [-0.3, -0.25) is 10.1 Å². The van der Waals surface area contributed by atoms with Gasteiger partial charge in [-0.15, -0.1) is 0 Å². The lowest BCUT2D eigenvalue weighted by molar-refractivity contribution is -0.118. The molecule has 1 aromatic rings. The van der Waals surface area contributed by atoms with Gasteiger partial charge in [0.25, 0.3) is 0 Å². The van der Waals surface area contributed by atoms with Crippen LogP contribution >= 0.6 is 0 Å². The van der Waals surface area contributed by atoms with E-state index in [1.165, 1.54) is 43.0 Å². The Kier molecular flexibility index (Phi) is 4.77. The third kappa shape index (κ3) is 3.18. The first kappa shape index (κ1) is 16.6. The standard InChI is InChI=1S/C20H28N4O/c1-2-17(25)22-20-18(13-7-3-4-8-13)15(11-12-21-20)19-14-9-5-6-10-16(14)23-24-19/h2,5-6,9-10,13,15,18-21,23-24H,1,3-4,7-8,11-12H2,(H,22,25). The molecule has 1 aliphatic carbocycles. The lowest BCUT2D eigenvalue weighted by atomic mass is 9.70. The third-order valence-electron chi connectivity index (χ3n) is 6.23. The van der Waals surface area contributed by atoms with Crippen LogP contribution in [0.5, 0.6) is 0 Å². The lowest BCUT2D eigenvalue weighted by Gasteiger charge is -2.44. The largest absolute Gasteiger partial charge is 0.337 e. The van der Waals surface area contributed by atoms with Crippen molar-refractivity contribution in [3.8, 4) is 0 Å². The smallest absolute Gasteiger partial charge is 0.244 e. The van der Waals surface area contributed by atoms with Gasteiger partial charge < -0.3 is 10.7 Å². The predicted octanol–water partition coefficient (Wildman–Crippen LogP) is 2.70. The van der Waals surface area contributed by atoms with Gasteiger partial charge in [-0.1, -0.05) is 50.5 Å². The van der Waals surface area contributed by atoms with Crippen LogP contribution in [-0.2, 0) is 4.79 Å². The van der Waals surface area contributed by atoms with E-state index < -0.39 is 0 Å². The average molecular weight is 340 g/mol. The molecule has 2 heterocycles. The molecule has 3 aliphatic rings. The molecular formula is C20H28N4O. The van der Waals surface area contributed by atoms with Crippen LogP contribution in [-0.4, -0.2) is 18.6 Å². The third-order valence-corrected chi connectivity index (χ3v) is 6.23. The molecule has 0 radical (unpaired) electrons. The van der Waals surface area contributed by atoms with Crippen LogP contribution in [0, 0.1) is 17.8 Å². The number of hydrazine groups is 1. The Morgan fingerprint density at radius 3 is 2.80 bits per heavy atom. The molecule has 5 nitrogen and oxygen atoms in total. The van der Waals surface area contributed by atoms with E-state index in [2.05, 4.69) is 52.3 Å². The molecule has 0 aromatic heterocycles. The number of benzene rings is 1. The van der Waals surface area contributed by atoms with E-state index in [0.29, 0.717) is 23.8 Å². The van der Waals surface area contributed by atoms with Crippen LogP contribution in [0.4, 0.5) is 5.69 Å². The van der Waals surface area contributed by atoms with Gasteiger partial charge >= 0.3 is 0 Å².